The molecule has 0 radical (unpaired) electrons. The van der Waals surface area contributed by atoms with E-state index in [0.717, 1.165) is 17.5 Å². The molecule has 0 spiro atoms. The monoisotopic (exact) mass is 290 g/mol. The van der Waals surface area contributed by atoms with Crippen LogP contribution in [0.1, 0.15) is 0 Å². The maximum Gasteiger partial charge on any atom is 1.00 e. The van der Waals surface area contributed by atoms with Crippen molar-refractivity contribution in [3.63, 3.8) is 0 Å². The number of fused-ring (bicyclic) bond motifs is 1. The number of hydrogen-bond donors (Lipinski definition) is 0. The van der Waals surface area contributed by atoms with Crippen molar-refractivity contribution in [2.45, 2.75) is 0 Å². The van der Waals surface area contributed by atoms with Crippen molar-refractivity contribution in [3.05, 3.63) is 49.1 Å². The molecule has 2 rings (SSSR count). The maximum atomic E-state index is 12.6. The summed E-state index contributed by atoms with van der Waals surface area (Å²) in [4.78, 5) is 0. The Labute approximate surface area is 152 Å². The molecule has 1 nitrogen and oxygen atoms in total. The van der Waals surface area contributed by atoms with Crippen molar-refractivity contribution >= 4 is 23.2 Å². The second-order valence-electron chi connectivity index (χ2n) is 3.94. The molecule has 0 aromatic heterocycles. The first-order chi connectivity index (χ1) is 8.50. The quantitative estimate of drug-likeness (QED) is 0.587. The summed E-state index contributed by atoms with van der Waals surface area (Å²) in [6, 6.07) is 8.71. The van der Waals surface area contributed by atoms with Crippen LogP contribution in [0.3, 0.4) is 0 Å². The van der Waals surface area contributed by atoms with Crippen LogP contribution in [-0.2, 0) is 0 Å². The van der Waals surface area contributed by atoms with Gasteiger partial charge >= 0.3 is 58.4 Å². The molecular weight excluding hydrogens is 279 g/mol. The van der Waals surface area contributed by atoms with Crippen LogP contribution in [0.5, 0.6) is 5.75 Å². The molecule has 6 heteroatoms. The predicted molar refractivity (Wildman–Crippen MR) is 68.4 cm³/mol. The van der Waals surface area contributed by atoms with E-state index in [2.05, 4.69) is 6.58 Å². The van der Waals surface area contributed by atoms with Gasteiger partial charge < -0.3 is 17.7 Å². The first-order valence-corrected chi connectivity index (χ1v) is 5.48. The van der Waals surface area contributed by atoms with Crippen molar-refractivity contribution in [3.8, 4) is 5.75 Å². The first kappa shape index (κ1) is 16.8. The van der Waals surface area contributed by atoms with E-state index in [0.29, 0.717) is 17.7 Å². The number of benzene rings is 2. The Morgan fingerprint density at radius 1 is 1.05 bits per heavy atom. The van der Waals surface area contributed by atoms with Crippen LogP contribution in [0.15, 0.2) is 49.1 Å². The molecule has 0 amide bonds. The van der Waals surface area contributed by atoms with Gasteiger partial charge in [0.1, 0.15) is 12.4 Å². The zero-order valence-electron chi connectivity index (χ0n) is 10.6. The Bertz CT molecular complexity index is 584. The molecule has 0 saturated heterocycles. The van der Waals surface area contributed by atoms with Gasteiger partial charge in [-0.25, -0.2) is 0 Å². The van der Waals surface area contributed by atoms with Gasteiger partial charge in [-0.3, -0.25) is 0 Å². The van der Waals surface area contributed by atoms with Gasteiger partial charge in [0.2, 0.25) is 0 Å². The fourth-order valence-electron chi connectivity index (χ4n) is 1.69. The summed E-state index contributed by atoms with van der Waals surface area (Å²) >= 11 is 0. The minimum absolute atomic E-state index is 0. The van der Waals surface area contributed by atoms with Crippen LogP contribution in [0, 0.1) is 0 Å². The summed E-state index contributed by atoms with van der Waals surface area (Å²) in [6.45, 7) is -1.05. The third-order valence-electron chi connectivity index (χ3n) is 2.58. The van der Waals surface area contributed by atoms with Gasteiger partial charge in [-0.05, 0) is 22.9 Å². The van der Waals surface area contributed by atoms with E-state index >= 15 is 0 Å². The molecule has 0 atom stereocenters. The van der Waals surface area contributed by atoms with Gasteiger partial charge in [-0.2, -0.15) is 0 Å². The average molecular weight is 290 g/mol. The van der Waals surface area contributed by atoms with Crippen molar-refractivity contribution in [2.75, 3.05) is 6.61 Å². The van der Waals surface area contributed by atoms with E-state index < -0.39 is 12.4 Å². The van der Waals surface area contributed by atoms with Gasteiger partial charge in [0.15, 0.2) is 0 Å². The van der Waals surface area contributed by atoms with Gasteiger partial charge in [0.25, 0.3) is 0 Å². The Kier molecular flexibility index (Phi) is 6.14. The zero-order chi connectivity index (χ0) is 13.2. The second-order valence-corrected chi connectivity index (χ2v) is 3.94. The Hall–Kier alpha value is -0.269. The number of rotatable bonds is 4. The molecule has 0 bridgehead atoms. The van der Waals surface area contributed by atoms with E-state index in [-0.39, 0.29) is 51.4 Å². The van der Waals surface area contributed by atoms with Gasteiger partial charge in [0, 0.05) is 0 Å². The zero-order valence-corrected chi connectivity index (χ0v) is 13.7. The summed E-state index contributed by atoms with van der Waals surface area (Å²) in [5, 5.41) is 1.28. The molecule has 2 aromatic rings. The summed E-state index contributed by atoms with van der Waals surface area (Å²) in [5.41, 5.74) is -0.581. The minimum Gasteiger partial charge on any atom is -0.490 e. The second kappa shape index (κ2) is 6.95. The van der Waals surface area contributed by atoms with E-state index in [1.54, 1.807) is 24.3 Å². The van der Waals surface area contributed by atoms with Crippen LogP contribution in [0.4, 0.5) is 12.9 Å². The van der Waals surface area contributed by atoms with Crippen LogP contribution in [0.25, 0.3) is 10.8 Å². The molecule has 0 aliphatic carbocycles. The molecule has 94 valence electrons. The molecule has 0 N–H and O–H groups in total. The van der Waals surface area contributed by atoms with E-state index in [4.69, 9.17) is 4.74 Å². The van der Waals surface area contributed by atoms with Gasteiger partial charge in [-0.15, -0.1) is 5.46 Å². The topological polar surface area (TPSA) is 9.23 Å². The number of halogens is 3. The molecule has 0 fully saturated rings. The summed E-state index contributed by atoms with van der Waals surface area (Å²) in [7, 11) is 0. The minimum atomic E-state index is -4.95. The molecule has 2 aromatic carbocycles. The molecule has 0 aliphatic rings. The number of hydrogen-bond acceptors (Lipinski definition) is 1. The van der Waals surface area contributed by atoms with Crippen molar-refractivity contribution in [1.29, 1.82) is 0 Å². The molecule has 0 heterocycles. The smallest absolute Gasteiger partial charge is 0.490 e. The van der Waals surface area contributed by atoms with Crippen LogP contribution in [0.2, 0.25) is 0 Å². The third-order valence-corrected chi connectivity index (χ3v) is 2.58. The van der Waals surface area contributed by atoms with E-state index in [9.17, 15) is 12.9 Å². The molecule has 0 aliphatic heterocycles. The first-order valence-electron chi connectivity index (χ1n) is 5.48. The SMILES string of the molecule is C=CCOc1ccc2cc([B-](F)(F)F)ccc2c1.[K+]. The van der Waals surface area contributed by atoms with Gasteiger partial charge in [-0.1, -0.05) is 36.9 Å². The summed E-state index contributed by atoms with van der Waals surface area (Å²) < 4.78 is 43.1. The molecule has 0 unspecified atom stereocenters. The normalized spacial score (nSPS) is 10.9. The van der Waals surface area contributed by atoms with E-state index in [1.807, 2.05) is 0 Å². The standard InChI is InChI=1S/C13H11BF3O.K/c1-2-7-18-13-6-4-10-8-12(14(15,16)17)5-3-11(10)9-13;/h2-6,8-9H,1,7H2;/q-1;+1. The Morgan fingerprint density at radius 3 is 2.32 bits per heavy atom. The third kappa shape index (κ3) is 4.36. The Balaban J connectivity index is 0.00000180. The molecule has 19 heavy (non-hydrogen) atoms. The van der Waals surface area contributed by atoms with Crippen LogP contribution in [-0.4, -0.2) is 13.6 Å². The van der Waals surface area contributed by atoms with E-state index in [1.165, 1.54) is 6.07 Å². The van der Waals surface area contributed by atoms with Gasteiger partial charge in [0.05, 0.1) is 0 Å². The summed E-state index contributed by atoms with van der Waals surface area (Å²) in [5.74, 6) is 0.618. The molecule has 0 saturated carbocycles. The van der Waals surface area contributed by atoms with Crippen molar-refractivity contribution < 1.29 is 69.1 Å². The predicted octanol–water partition coefficient (Wildman–Crippen LogP) is 0.463. The Morgan fingerprint density at radius 2 is 1.68 bits per heavy atom. The maximum absolute atomic E-state index is 12.6. The van der Waals surface area contributed by atoms with Crippen molar-refractivity contribution in [1.82, 2.24) is 0 Å². The summed E-state index contributed by atoms with van der Waals surface area (Å²) in [6.07, 6.45) is 1.61. The molecular formula is C13H11BF3KO. The number of ether oxygens (including phenoxy) is 1. The van der Waals surface area contributed by atoms with Crippen LogP contribution >= 0.6 is 0 Å². The average Bonchev–Trinajstić information content (AvgIpc) is 2.34. The fourth-order valence-corrected chi connectivity index (χ4v) is 1.69. The largest absolute Gasteiger partial charge is 1.00 e. The fraction of sp³-hybridized carbons (Fsp3) is 0.0769. The van der Waals surface area contributed by atoms with Crippen LogP contribution < -0.4 is 61.6 Å². The van der Waals surface area contributed by atoms with Crippen molar-refractivity contribution in [2.24, 2.45) is 0 Å².